The van der Waals surface area contributed by atoms with Gasteiger partial charge < -0.3 is 19.9 Å². The van der Waals surface area contributed by atoms with Crippen LogP contribution in [0.5, 0.6) is 5.75 Å². The molecule has 2 aromatic carbocycles. The molecule has 5 nitrogen and oxygen atoms in total. The summed E-state index contributed by atoms with van der Waals surface area (Å²) in [6.45, 7) is 7.65. The van der Waals surface area contributed by atoms with Gasteiger partial charge in [0.1, 0.15) is 5.75 Å². The van der Waals surface area contributed by atoms with Gasteiger partial charge in [-0.15, -0.1) is 0 Å². The molecule has 166 valence electrons. The minimum Gasteiger partial charge on any atom is -0.484 e. The molecular formula is C26H35N3O2. The first-order chi connectivity index (χ1) is 15.2. The lowest BCUT2D eigenvalue weighted by Gasteiger charge is -2.35. The van der Waals surface area contributed by atoms with Crippen LogP contribution in [0.4, 0.5) is 11.4 Å². The molecular weight excluding hydrogens is 386 g/mol. The molecule has 0 spiro atoms. The van der Waals surface area contributed by atoms with Gasteiger partial charge in [-0.1, -0.05) is 38.3 Å². The predicted molar refractivity (Wildman–Crippen MR) is 127 cm³/mol. The van der Waals surface area contributed by atoms with Crippen LogP contribution in [-0.2, 0) is 4.79 Å². The van der Waals surface area contributed by atoms with E-state index >= 15 is 0 Å². The highest BCUT2D eigenvalue weighted by Crippen LogP contribution is 2.33. The lowest BCUT2D eigenvalue weighted by Crippen LogP contribution is -2.46. The molecule has 31 heavy (non-hydrogen) atoms. The van der Waals surface area contributed by atoms with Crippen LogP contribution in [0.1, 0.15) is 50.5 Å². The molecule has 1 heterocycles. The smallest absolute Gasteiger partial charge is 0.262 e. The van der Waals surface area contributed by atoms with Crippen molar-refractivity contribution in [3.63, 3.8) is 0 Å². The van der Waals surface area contributed by atoms with Gasteiger partial charge in [0.25, 0.3) is 5.91 Å². The van der Waals surface area contributed by atoms with Gasteiger partial charge >= 0.3 is 0 Å². The van der Waals surface area contributed by atoms with E-state index in [1.165, 1.54) is 43.4 Å². The molecule has 0 atom stereocenters. The Hall–Kier alpha value is -2.53. The third kappa shape index (κ3) is 6.01. The van der Waals surface area contributed by atoms with Gasteiger partial charge in [0.05, 0.1) is 0 Å². The maximum absolute atomic E-state index is 12.3. The fraction of sp³-hybridized carbons (Fsp3) is 0.500. The lowest BCUT2D eigenvalue weighted by molar-refractivity contribution is -0.118. The largest absolute Gasteiger partial charge is 0.484 e. The highest BCUT2D eigenvalue weighted by atomic mass is 16.5. The molecule has 1 aliphatic heterocycles. The number of amides is 1. The zero-order valence-electron chi connectivity index (χ0n) is 18.7. The number of carbonyl (C=O) groups excluding carboxylic acids is 1. The number of hydrogen-bond donors (Lipinski definition) is 1. The number of anilines is 2. The van der Waals surface area contributed by atoms with E-state index in [0.717, 1.165) is 44.2 Å². The van der Waals surface area contributed by atoms with Crippen molar-refractivity contribution in [3.05, 3.63) is 54.1 Å². The molecule has 1 saturated carbocycles. The van der Waals surface area contributed by atoms with Crippen molar-refractivity contribution in [1.29, 1.82) is 0 Å². The zero-order chi connectivity index (χ0) is 21.5. The Morgan fingerprint density at radius 2 is 1.61 bits per heavy atom. The van der Waals surface area contributed by atoms with Crippen molar-refractivity contribution in [3.8, 4) is 5.75 Å². The number of rotatable bonds is 7. The van der Waals surface area contributed by atoms with E-state index in [4.69, 9.17) is 4.74 Å². The van der Waals surface area contributed by atoms with Crippen molar-refractivity contribution in [2.75, 3.05) is 49.5 Å². The van der Waals surface area contributed by atoms with E-state index < -0.39 is 0 Å². The quantitative estimate of drug-likeness (QED) is 0.691. The third-order valence-electron chi connectivity index (χ3n) is 6.66. The average molecular weight is 422 g/mol. The first-order valence-corrected chi connectivity index (χ1v) is 11.8. The first-order valence-electron chi connectivity index (χ1n) is 11.8. The molecule has 1 saturated heterocycles. The minimum atomic E-state index is -0.138. The highest BCUT2D eigenvalue weighted by molar-refractivity contribution is 5.92. The average Bonchev–Trinajstić information content (AvgIpc) is 2.84. The summed E-state index contributed by atoms with van der Waals surface area (Å²) >= 11 is 0. The molecule has 0 aromatic heterocycles. The van der Waals surface area contributed by atoms with Gasteiger partial charge in [0.2, 0.25) is 0 Å². The van der Waals surface area contributed by atoms with E-state index in [0.29, 0.717) is 5.92 Å². The monoisotopic (exact) mass is 421 g/mol. The Morgan fingerprint density at radius 1 is 0.935 bits per heavy atom. The van der Waals surface area contributed by atoms with Crippen molar-refractivity contribution in [1.82, 2.24) is 4.90 Å². The normalized spacial score (nSPS) is 18.0. The standard InChI is InChI=1S/C26H35N3O2/c1-2-28-16-18-29(19-17-28)24-12-10-23(11-13-24)27-26(30)20-31-25-14-8-22(9-15-25)21-6-4-3-5-7-21/h8-15,21H,2-7,16-20H2,1H3,(H,27,30). The van der Waals surface area contributed by atoms with Gasteiger partial charge in [0.15, 0.2) is 6.61 Å². The van der Waals surface area contributed by atoms with Crippen LogP contribution in [0.15, 0.2) is 48.5 Å². The Labute approximate surface area is 186 Å². The number of hydrogen-bond acceptors (Lipinski definition) is 4. The summed E-state index contributed by atoms with van der Waals surface area (Å²) in [5.74, 6) is 1.29. The predicted octanol–water partition coefficient (Wildman–Crippen LogP) is 4.89. The maximum atomic E-state index is 12.3. The number of carbonyl (C=O) groups is 1. The molecule has 1 amide bonds. The molecule has 2 aromatic rings. The van der Waals surface area contributed by atoms with Crippen LogP contribution < -0.4 is 15.0 Å². The summed E-state index contributed by atoms with van der Waals surface area (Å²) in [4.78, 5) is 17.2. The minimum absolute atomic E-state index is 0.0174. The van der Waals surface area contributed by atoms with Crippen LogP contribution in [0.25, 0.3) is 0 Å². The van der Waals surface area contributed by atoms with Gasteiger partial charge in [-0.05, 0) is 67.3 Å². The molecule has 2 aliphatic rings. The summed E-state index contributed by atoms with van der Waals surface area (Å²) in [5.41, 5.74) is 3.41. The van der Waals surface area contributed by atoms with Gasteiger partial charge in [0, 0.05) is 37.6 Å². The summed E-state index contributed by atoms with van der Waals surface area (Å²) in [5, 5.41) is 2.93. The van der Waals surface area contributed by atoms with E-state index in [-0.39, 0.29) is 12.5 Å². The molecule has 5 heteroatoms. The van der Waals surface area contributed by atoms with E-state index in [2.05, 4.69) is 46.3 Å². The van der Waals surface area contributed by atoms with Gasteiger partial charge in [-0.3, -0.25) is 4.79 Å². The second kappa shape index (κ2) is 10.7. The van der Waals surface area contributed by atoms with Crippen LogP contribution >= 0.6 is 0 Å². The fourth-order valence-corrected chi connectivity index (χ4v) is 4.70. The molecule has 4 rings (SSSR count). The Bertz CT molecular complexity index is 821. The van der Waals surface area contributed by atoms with Crippen molar-refractivity contribution >= 4 is 17.3 Å². The first kappa shape index (κ1) is 21.7. The van der Waals surface area contributed by atoms with Crippen molar-refractivity contribution < 1.29 is 9.53 Å². The van der Waals surface area contributed by atoms with Crippen LogP contribution in [0.3, 0.4) is 0 Å². The molecule has 2 fully saturated rings. The van der Waals surface area contributed by atoms with E-state index in [1.807, 2.05) is 24.3 Å². The summed E-state index contributed by atoms with van der Waals surface area (Å²) in [6, 6.07) is 16.4. The van der Waals surface area contributed by atoms with Crippen LogP contribution in [-0.4, -0.2) is 50.1 Å². The third-order valence-corrected chi connectivity index (χ3v) is 6.66. The van der Waals surface area contributed by atoms with Crippen molar-refractivity contribution in [2.45, 2.75) is 44.9 Å². The molecule has 0 unspecified atom stereocenters. The lowest BCUT2D eigenvalue weighted by atomic mass is 9.84. The van der Waals surface area contributed by atoms with Crippen molar-refractivity contribution in [2.24, 2.45) is 0 Å². The fourth-order valence-electron chi connectivity index (χ4n) is 4.70. The number of ether oxygens (including phenoxy) is 1. The van der Waals surface area contributed by atoms with Gasteiger partial charge in [-0.2, -0.15) is 0 Å². The number of nitrogens with zero attached hydrogens (tertiary/aromatic N) is 2. The second-order valence-electron chi connectivity index (χ2n) is 8.71. The number of likely N-dealkylation sites (N-methyl/N-ethyl adjacent to an activating group) is 1. The Balaban J connectivity index is 1.22. The topological polar surface area (TPSA) is 44.8 Å². The SMILES string of the molecule is CCN1CCN(c2ccc(NC(=O)COc3ccc(C4CCCCC4)cc3)cc2)CC1. The molecule has 1 aliphatic carbocycles. The van der Waals surface area contributed by atoms with Crippen LogP contribution in [0.2, 0.25) is 0 Å². The molecule has 0 bridgehead atoms. The molecule has 0 radical (unpaired) electrons. The highest BCUT2D eigenvalue weighted by Gasteiger charge is 2.16. The van der Waals surface area contributed by atoms with E-state index in [1.54, 1.807) is 0 Å². The number of nitrogens with one attached hydrogen (secondary N) is 1. The van der Waals surface area contributed by atoms with Gasteiger partial charge in [-0.25, -0.2) is 0 Å². The Kier molecular flexibility index (Phi) is 7.47. The van der Waals surface area contributed by atoms with E-state index in [9.17, 15) is 4.79 Å². The second-order valence-corrected chi connectivity index (χ2v) is 8.71. The van der Waals surface area contributed by atoms with Crippen LogP contribution in [0, 0.1) is 0 Å². The maximum Gasteiger partial charge on any atom is 0.262 e. The summed E-state index contributed by atoms with van der Waals surface area (Å²) in [7, 11) is 0. The number of piperazine rings is 1. The Morgan fingerprint density at radius 3 is 2.26 bits per heavy atom. The summed E-state index contributed by atoms with van der Waals surface area (Å²) < 4.78 is 5.70. The number of benzene rings is 2. The zero-order valence-corrected chi connectivity index (χ0v) is 18.7. The molecule has 1 N–H and O–H groups in total. The summed E-state index contributed by atoms with van der Waals surface area (Å²) in [6.07, 6.45) is 6.61.